The molecular weight excluding hydrogens is 508 g/mol. The van der Waals surface area contributed by atoms with Gasteiger partial charge in [-0.1, -0.05) is 0 Å². The van der Waals surface area contributed by atoms with Crippen molar-refractivity contribution in [3.05, 3.63) is 77.6 Å². The summed E-state index contributed by atoms with van der Waals surface area (Å²) >= 11 is 0. The molecule has 1 fully saturated rings. The molecule has 0 unspecified atom stereocenters. The summed E-state index contributed by atoms with van der Waals surface area (Å²) in [6.07, 6.45) is -0.243. The highest BCUT2D eigenvalue weighted by Crippen LogP contribution is 2.36. The average molecular weight is 532 g/mol. The molecule has 1 aliphatic heterocycles. The summed E-state index contributed by atoms with van der Waals surface area (Å²) in [6, 6.07) is 6.93. The summed E-state index contributed by atoms with van der Waals surface area (Å²) in [6.45, 7) is 0.265. The summed E-state index contributed by atoms with van der Waals surface area (Å²) < 4.78 is 58.4. The van der Waals surface area contributed by atoms with Crippen LogP contribution in [0.5, 0.6) is 0 Å². The van der Waals surface area contributed by atoms with Gasteiger partial charge < -0.3 is 26.0 Å². The fourth-order valence-corrected chi connectivity index (χ4v) is 3.85. The van der Waals surface area contributed by atoms with E-state index in [1.807, 2.05) is 0 Å². The van der Waals surface area contributed by atoms with Gasteiger partial charge in [-0.2, -0.15) is 13.2 Å². The minimum Gasteiger partial charge on any atom is -0.387 e. The van der Waals surface area contributed by atoms with Gasteiger partial charge >= 0.3 is 6.18 Å². The van der Waals surface area contributed by atoms with Gasteiger partial charge in [-0.15, -0.1) is 0 Å². The van der Waals surface area contributed by atoms with Crippen LogP contribution in [-0.2, 0) is 22.3 Å². The van der Waals surface area contributed by atoms with Crippen LogP contribution in [0.25, 0.3) is 0 Å². The number of hydrogen-bond acceptors (Lipinski definition) is 7. The van der Waals surface area contributed by atoms with Crippen LogP contribution >= 0.6 is 0 Å². The lowest BCUT2D eigenvalue weighted by Crippen LogP contribution is -2.59. The van der Waals surface area contributed by atoms with Gasteiger partial charge in [0.2, 0.25) is 5.91 Å². The van der Waals surface area contributed by atoms with Crippen molar-refractivity contribution in [2.45, 2.75) is 24.7 Å². The largest absolute Gasteiger partial charge is 0.418 e. The summed E-state index contributed by atoms with van der Waals surface area (Å²) in [5.74, 6) is -1.95. The molecular formula is C25H24F4N6O3. The lowest BCUT2D eigenvalue weighted by molar-refractivity contribution is -0.137. The molecule has 2 amide bonds. The Morgan fingerprint density at radius 1 is 1.08 bits per heavy atom. The summed E-state index contributed by atoms with van der Waals surface area (Å²) in [5, 5.41) is 11.0. The quantitative estimate of drug-likeness (QED) is 0.328. The van der Waals surface area contributed by atoms with Crippen LogP contribution < -0.4 is 21.3 Å². The predicted molar refractivity (Wildman–Crippen MR) is 130 cm³/mol. The maximum absolute atomic E-state index is 13.3. The Bertz CT molecular complexity index is 1310. The van der Waals surface area contributed by atoms with Crippen molar-refractivity contribution in [3.63, 3.8) is 0 Å². The summed E-state index contributed by atoms with van der Waals surface area (Å²) in [7, 11) is 1.69. The Balaban J connectivity index is 1.40. The van der Waals surface area contributed by atoms with Crippen LogP contribution in [0.15, 0.2) is 55.0 Å². The first kappa shape index (κ1) is 26.8. The van der Waals surface area contributed by atoms with E-state index in [0.717, 1.165) is 12.1 Å². The maximum Gasteiger partial charge on any atom is 0.418 e. The van der Waals surface area contributed by atoms with E-state index in [2.05, 4.69) is 31.2 Å². The van der Waals surface area contributed by atoms with Crippen LogP contribution in [0.4, 0.5) is 34.6 Å². The van der Waals surface area contributed by atoms with E-state index in [0.29, 0.717) is 17.4 Å². The first-order valence-electron chi connectivity index (χ1n) is 11.5. The highest BCUT2D eigenvalue weighted by molar-refractivity contribution is 5.99. The molecule has 200 valence electrons. The lowest BCUT2D eigenvalue weighted by Gasteiger charge is -2.27. The lowest BCUT2D eigenvalue weighted by atomic mass is 9.96. The van der Waals surface area contributed by atoms with Gasteiger partial charge in [-0.3, -0.25) is 19.6 Å². The number of carbonyl (C=O) groups excluding carboxylic acids is 2. The van der Waals surface area contributed by atoms with Gasteiger partial charge in [0.1, 0.15) is 11.4 Å². The van der Waals surface area contributed by atoms with Crippen molar-refractivity contribution in [2.24, 2.45) is 0 Å². The number of halogens is 4. The van der Waals surface area contributed by atoms with Crippen molar-refractivity contribution in [1.82, 2.24) is 20.6 Å². The molecule has 4 rings (SSSR count). The number of nitrogens with one attached hydrogen (secondary N) is 4. The number of hydrogen-bond donors (Lipinski definition) is 4. The Hall–Kier alpha value is -4.26. The SMILES string of the molecule is CNc1cncc(C(=O)N[C@@]2(C(=O)NCc3ccc(Nc4ccc(F)cc4C(F)(F)F)cn3)CCOC2)c1. The number of aromatic nitrogens is 2. The Kier molecular flexibility index (Phi) is 7.76. The van der Waals surface area contributed by atoms with Crippen LogP contribution in [0, 0.1) is 5.82 Å². The molecule has 1 saturated heterocycles. The molecule has 0 radical (unpaired) electrons. The number of nitrogens with zero attached hydrogens (tertiary/aromatic N) is 2. The van der Waals surface area contributed by atoms with Crippen molar-refractivity contribution >= 4 is 28.9 Å². The number of anilines is 3. The number of amides is 2. The van der Waals surface area contributed by atoms with Gasteiger partial charge in [-0.05, 0) is 36.4 Å². The second-order valence-electron chi connectivity index (χ2n) is 8.58. The van der Waals surface area contributed by atoms with Crippen molar-refractivity contribution in [3.8, 4) is 0 Å². The van der Waals surface area contributed by atoms with Crippen molar-refractivity contribution in [2.75, 3.05) is 30.9 Å². The third-order valence-electron chi connectivity index (χ3n) is 5.92. The smallest absolute Gasteiger partial charge is 0.387 e. The van der Waals surface area contributed by atoms with Crippen LogP contribution in [0.3, 0.4) is 0 Å². The number of pyridine rings is 2. The monoisotopic (exact) mass is 532 g/mol. The van der Waals surface area contributed by atoms with E-state index in [1.165, 1.54) is 24.5 Å². The van der Waals surface area contributed by atoms with E-state index in [9.17, 15) is 27.2 Å². The number of benzene rings is 1. The maximum atomic E-state index is 13.3. The average Bonchev–Trinajstić information content (AvgIpc) is 3.38. The van der Waals surface area contributed by atoms with Crippen LogP contribution in [0.1, 0.15) is 28.0 Å². The number of rotatable bonds is 8. The van der Waals surface area contributed by atoms with E-state index in [-0.39, 0.29) is 43.1 Å². The zero-order chi connectivity index (χ0) is 27.3. The summed E-state index contributed by atoms with van der Waals surface area (Å²) in [5.41, 5.74) is -1.19. The molecule has 0 spiro atoms. The highest BCUT2D eigenvalue weighted by Gasteiger charge is 2.44. The Labute approximate surface area is 215 Å². The molecule has 1 aliphatic rings. The fourth-order valence-electron chi connectivity index (χ4n) is 3.85. The first-order chi connectivity index (χ1) is 18.1. The predicted octanol–water partition coefficient (Wildman–Crippen LogP) is 3.63. The zero-order valence-electron chi connectivity index (χ0n) is 20.2. The molecule has 0 bridgehead atoms. The molecule has 1 atom stereocenters. The minimum absolute atomic E-state index is 0.00210. The van der Waals surface area contributed by atoms with E-state index < -0.39 is 34.9 Å². The van der Waals surface area contributed by atoms with Crippen molar-refractivity contribution < 1.29 is 31.9 Å². The normalized spacial score (nSPS) is 17.1. The number of ether oxygens (including phenoxy) is 1. The van der Waals surface area contributed by atoms with Crippen LogP contribution in [0.2, 0.25) is 0 Å². The van der Waals surface area contributed by atoms with Gasteiger partial charge in [0.15, 0.2) is 0 Å². The molecule has 4 N–H and O–H groups in total. The number of carbonyl (C=O) groups is 2. The highest BCUT2D eigenvalue weighted by atomic mass is 19.4. The topological polar surface area (TPSA) is 117 Å². The second kappa shape index (κ2) is 11.0. The Morgan fingerprint density at radius 3 is 2.55 bits per heavy atom. The van der Waals surface area contributed by atoms with E-state index >= 15 is 0 Å². The molecule has 3 aromatic rings. The van der Waals surface area contributed by atoms with Gasteiger partial charge in [0, 0.05) is 32.5 Å². The van der Waals surface area contributed by atoms with E-state index in [1.54, 1.807) is 19.3 Å². The van der Waals surface area contributed by atoms with Gasteiger partial charge in [-0.25, -0.2) is 4.39 Å². The van der Waals surface area contributed by atoms with E-state index in [4.69, 9.17) is 4.74 Å². The standard InChI is InChI=1S/C25H24F4N6O3/c1-30-19-8-15(10-31-11-19)22(36)35-24(6-7-38-14-24)23(37)33-12-17-3-4-18(13-32-17)34-21-5-2-16(26)9-20(21)25(27,28)29/h2-5,8-11,13,30,34H,6-7,12,14H2,1H3,(H,33,37)(H,35,36)/t24-/m0/s1. The fraction of sp³-hybridized carbons (Fsp3) is 0.280. The summed E-state index contributed by atoms with van der Waals surface area (Å²) in [4.78, 5) is 34.1. The third-order valence-corrected chi connectivity index (χ3v) is 5.92. The molecule has 0 aliphatic carbocycles. The molecule has 0 saturated carbocycles. The second-order valence-corrected chi connectivity index (χ2v) is 8.58. The molecule has 3 heterocycles. The third kappa shape index (κ3) is 6.17. The molecule has 38 heavy (non-hydrogen) atoms. The Morgan fingerprint density at radius 2 is 1.89 bits per heavy atom. The molecule has 2 aromatic heterocycles. The van der Waals surface area contributed by atoms with Crippen LogP contribution in [-0.4, -0.2) is 47.6 Å². The number of alkyl halides is 3. The van der Waals surface area contributed by atoms with Crippen molar-refractivity contribution in [1.29, 1.82) is 0 Å². The zero-order valence-corrected chi connectivity index (χ0v) is 20.2. The minimum atomic E-state index is -4.75. The molecule has 1 aromatic carbocycles. The van der Waals surface area contributed by atoms with Gasteiger partial charge in [0.05, 0.1) is 53.2 Å². The molecule has 13 heteroatoms. The first-order valence-corrected chi connectivity index (χ1v) is 11.5. The van der Waals surface area contributed by atoms with Gasteiger partial charge in [0.25, 0.3) is 5.91 Å². The molecule has 9 nitrogen and oxygen atoms in total.